The Morgan fingerprint density at radius 2 is 1.53 bits per heavy atom. The predicted octanol–water partition coefficient (Wildman–Crippen LogP) is 5.15. The number of thioether (sulfide) groups is 1. The number of carbonyl (C=O) groups is 2. The van der Waals surface area contributed by atoms with Crippen molar-refractivity contribution >= 4 is 29.8 Å². The summed E-state index contributed by atoms with van der Waals surface area (Å²) in [6.07, 6.45) is 0.000978. The molecule has 0 radical (unpaired) electrons. The van der Waals surface area contributed by atoms with E-state index in [9.17, 15) is 9.59 Å². The van der Waals surface area contributed by atoms with E-state index >= 15 is 0 Å². The lowest BCUT2D eigenvalue weighted by Gasteiger charge is -2.28. The molecule has 30 heavy (non-hydrogen) atoms. The van der Waals surface area contributed by atoms with Crippen LogP contribution in [0, 0.1) is 13.8 Å². The Kier molecular flexibility index (Phi) is 6.80. The van der Waals surface area contributed by atoms with Gasteiger partial charge < -0.3 is 14.0 Å². The van der Waals surface area contributed by atoms with Gasteiger partial charge in [0.1, 0.15) is 17.0 Å². The summed E-state index contributed by atoms with van der Waals surface area (Å²) in [6.45, 7) is 13.8. The molecule has 0 fully saturated rings. The monoisotopic (exact) mass is 436 g/mol. The molecule has 0 aliphatic rings. The smallest absolute Gasteiger partial charge is 0.425 e. The Morgan fingerprint density at radius 1 is 1.00 bits per heavy atom. The molecule has 0 bridgehead atoms. The molecule has 0 saturated carbocycles. The average Bonchev–Trinajstić information content (AvgIpc) is 2.90. The molecule has 0 N–H and O–H groups in total. The maximum absolute atomic E-state index is 12.9. The van der Waals surface area contributed by atoms with Gasteiger partial charge in [-0.2, -0.15) is 4.90 Å². The van der Waals surface area contributed by atoms with E-state index in [1.165, 1.54) is 17.8 Å². The fraction of sp³-hybridized carbons (Fsp3) is 0.550. The van der Waals surface area contributed by atoms with Crippen LogP contribution in [0.2, 0.25) is 0 Å². The number of carbonyl (C=O) groups excluding carboxylic acids is 2. The highest BCUT2D eigenvalue weighted by atomic mass is 32.2. The van der Waals surface area contributed by atoms with Gasteiger partial charge in [0.25, 0.3) is 0 Å². The highest BCUT2D eigenvalue weighted by Gasteiger charge is 2.34. The van der Waals surface area contributed by atoms with Crippen molar-refractivity contribution in [1.29, 1.82) is 0 Å². The van der Waals surface area contributed by atoms with Crippen LogP contribution < -0.4 is 4.90 Å². The third-order valence-electron chi connectivity index (χ3n) is 3.55. The lowest BCUT2D eigenvalue weighted by molar-refractivity contribution is 0.0429. The van der Waals surface area contributed by atoms with Gasteiger partial charge in [-0.1, -0.05) is 16.9 Å². The Bertz CT molecular complexity index is 896. The lowest BCUT2D eigenvalue weighted by Crippen LogP contribution is -2.44. The quantitative estimate of drug-likeness (QED) is 0.477. The molecular weight excluding hydrogens is 408 g/mol. The Labute approximate surface area is 180 Å². The second kappa shape index (κ2) is 8.63. The van der Waals surface area contributed by atoms with Gasteiger partial charge in [0.2, 0.25) is 0 Å². The predicted molar refractivity (Wildman–Crippen MR) is 114 cm³/mol. The van der Waals surface area contributed by atoms with E-state index in [0.29, 0.717) is 27.9 Å². The van der Waals surface area contributed by atoms with Crippen LogP contribution in [0.5, 0.6) is 0 Å². The van der Waals surface area contributed by atoms with E-state index in [1.807, 2.05) is 0 Å². The molecular formula is C20H28N4O5S. The van der Waals surface area contributed by atoms with Crippen LogP contribution >= 0.6 is 11.8 Å². The van der Waals surface area contributed by atoms with E-state index in [1.54, 1.807) is 61.6 Å². The summed E-state index contributed by atoms with van der Waals surface area (Å²) >= 11 is 1.27. The van der Waals surface area contributed by atoms with Gasteiger partial charge in [0.05, 0.1) is 17.0 Å². The summed E-state index contributed by atoms with van der Waals surface area (Å²) < 4.78 is 16.1. The molecule has 0 saturated heterocycles. The summed E-state index contributed by atoms with van der Waals surface area (Å²) in [5, 5.41) is 4.31. The largest absolute Gasteiger partial charge is 0.443 e. The summed E-state index contributed by atoms with van der Waals surface area (Å²) in [6, 6.07) is 1.51. The van der Waals surface area contributed by atoms with Crippen molar-refractivity contribution in [3.05, 3.63) is 17.5 Å². The van der Waals surface area contributed by atoms with Crippen molar-refractivity contribution < 1.29 is 23.6 Å². The van der Waals surface area contributed by atoms with Crippen LogP contribution in [-0.4, -0.2) is 44.8 Å². The van der Waals surface area contributed by atoms with Crippen LogP contribution in [0.1, 0.15) is 53.0 Å². The highest BCUT2D eigenvalue weighted by Crippen LogP contribution is 2.30. The average molecular weight is 437 g/mol. The molecule has 0 atom stereocenters. The van der Waals surface area contributed by atoms with E-state index in [2.05, 4.69) is 15.1 Å². The van der Waals surface area contributed by atoms with Crippen molar-refractivity contribution in [2.24, 2.45) is 0 Å². The van der Waals surface area contributed by atoms with E-state index in [-0.39, 0.29) is 5.82 Å². The van der Waals surface area contributed by atoms with Gasteiger partial charge in [-0.15, -0.1) is 0 Å². The molecule has 0 aliphatic heterocycles. The minimum Gasteiger partial charge on any atom is -0.443 e. The number of imide groups is 1. The number of rotatable bonds is 3. The molecule has 164 valence electrons. The number of anilines is 1. The van der Waals surface area contributed by atoms with E-state index < -0.39 is 23.4 Å². The molecule has 2 aromatic heterocycles. The van der Waals surface area contributed by atoms with Crippen LogP contribution in [0.4, 0.5) is 15.4 Å². The summed E-state index contributed by atoms with van der Waals surface area (Å²) in [7, 11) is 0. The molecule has 9 nitrogen and oxygen atoms in total. The molecule has 0 spiro atoms. The number of hydrogen-bond acceptors (Lipinski definition) is 9. The zero-order valence-electron chi connectivity index (χ0n) is 18.8. The van der Waals surface area contributed by atoms with Crippen molar-refractivity contribution in [3.63, 3.8) is 0 Å². The summed E-state index contributed by atoms with van der Waals surface area (Å²) in [4.78, 5) is 35.5. The number of ether oxygens (including phenoxy) is 2. The molecule has 0 aliphatic carbocycles. The fourth-order valence-corrected chi connectivity index (χ4v) is 2.85. The maximum Gasteiger partial charge on any atom is 0.425 e. The van der Waals surface area contributed by atoms with Crippen molar-refractivity contribution in [1.82, 2.24) is 15.1 Å². The first-order valence-electron chi connectivity index (χ1n) is 9.34. The number of hydrogen-bond donors (Lipinski definition) is 0. The number of amides is 2. The molecule has 2 heterocycles. The van der Waals surface area contributed by atoms with Crippen LogP contribution in [-0.2, 0) is 9.47 Å². The van der Waals surface area contributed by atoms with Gasteiger partial charge >= 0.3 is 12.2 Å². The standard InChI is InChI=1S/C20H28N4O5S/c1-11-15(12(2)29-23-11)13-10-14(22-16(21-13)30-9)24(17(25)27-19(3,4)5)18(26)28-20(6,7)8/h10H,1-9H3. The molecule has 2 aromatic rings. The minimum atomic E-state index is -0.896. The van der Waals surface area contributed by atoms with E-state index in [0.717, 1.165) is 4.90 Å². The highest BCUT2D eigenvalue weighted by molar-refractivity contribution is 7.98. The number of aromatic nitrogens is 3. The Balaban J connectivity index is 2.63. The zero-order chi connectivity index (χ0) is 22.9. The van der Waals surface area contributed by atoms with Crippen molar-refractivity contribution in [3.8, 4) is 11.3 Å². The van der Waals surface area contributed by atoms with Gasteiger partial charge in [-0.25, -0.2) is 19.6 Å². The molecule has 2 rings (SSSR count). The number of aryl methyl sites for hydroxylation is 2. The first-order valence-corrected chi connectivity index (χ1v) is 10.6. The van der Waals surface area contributed by atoms with E-state index in [4.69, 9.17) is 14.0 Å². The molecule has 2 amide bonds. The molecule has 0 unspecified atom stereocenters. The van der Waals surface area contributed by atoms with Crippen molar-refractivity contribution in [2.45, 2.75) is 71.7 Å². The van der Waals surface area contributed by atoms with Gasteiger partial charge in [-0.3, -0.25) is 0 Å². The second-order valence-corrected chi connectivity index (χ2v) is 9.37. The van der Waals surface area contributed by atoms with Crippen LogP contribution in [0.3, 0.4) is 0 Å². The Hall–Kier alpha value is -2.62. The third-order valence-corrected chi connectivity index (χ3v) is 4.09. The number of nitrogens with zero attached hydrogens (tertiary/aromatic N) is 4. The first kappa shape index (κ1) is 23.7. The third kappa shape index (κ3) is 5.94. The first-order chi connectivity index (χ1) is 13.7. The lowest BCUT2D eigenvalue weighted by atomic mass is 10.1. The SMILES string of the molecule is CSc1nc(-c2c(C)noc2C)cc(N(C(=O)OC(C)(C)C)C(=O)OC(C)(C)C)n1. The fourth-order valence-electron chi connectivity index (χ4n) is 2.47. The normalized spacial score (nSPS) is 11.9. The molecule has 10 heteroatoms. The maximum atomic E-state index is 12.9. The minimum absolute atomic E-state index is 0.0350. The second-order valence-electron chi connectivity index (χ2n) is 8.59. The van der Waals surface area contributed by atoms with Gasteiger partial charge in [-0.05, 0) is 61.6 Å². The Morgan fingerprint density at radius 3 is 1.93 bits per heavy atom. The van der Waals surface area contributed by atoms with Crippen LogP contribution in [0.25, 0.3) is 11.3 Å². The zero-order valence-corrected chi connectivity index (χ0v) is 19.6. The molecule has 0 aromatic carbocycles. The topological polar surface area (TPSA) is 108 Å². The van der Waals surface area contributed by atoms with Crippen molar-refractivity contribution in [2.75, 3.05) is 11.2 Å². The van der Waals surface area contributed by atoms with Gasteiger partial charge in [0.15, 0.2) is 11.0 Å². The van der Waals surface area contributed by atoms with Crippen LogP contribution in [0.15, 0.2) is 15.7 Å². The summed E-state index contributed by atoms with van der Waals surface area (Å²) in [5.41, 5.74) is 0.124. The van der Waals surface area contributed by atoms with Gasteiger partial charge in [0, 0.05) is 6.07 Å². The summed E-state index contributed by atoms with van der Waals surface area (Å²) in [5.74, 6) is 0.595.